The number of anilines is 2. The molecule has 106 valence electrons. The van der Waals surface area contributed by atoms with E-state index in [1.54, 1.807) is 12.3 Å². The van der Waals surface area contributed by atoms with Gasteiger partial charge in [0.1, 0.15) is 0 Å². The van der Waals surface area contributed by atoms with Gasteiger partial charge in [-0.05, 0) is 31.4 Å². The summed E-state index contributed by atoms with van der Waals surface area (Å²) in [5.74, 6) is -1.26. The van der Waals surface area contributed by atoms with E-state index in [0.717, 1.165) is 31.7 Å². The van der Waals surface area contributed by atoms with E-state index in [9.17, 15) is 9.59 Å². The highest BCUT2D eigenvalue weighted by Crippen LogP contribution is 2.40. The van der Waals surface area contributed by atoms with Gasteiger partial charge in [-0.15, -0.1) is 0 Å². The van der Waals surface area contributed by atoms with Crippen LogP contribution >= 0.6 is 0 Å². The van der Waals surface area contributed by atoms with Crippen molar-refractivity contribution >= 4 is 23.4 Å². The van der Waals surface area contributed by atoms with E-state index in [1.807, 2.05) is 6.07 Å². The molecule has 1 aromatic heterocycles. The zero-order valence-electron chi connectivity index (χ0n) is 11.1. The van der Waals surface area contributed by atoms with Crippen LogP contribution in [0.25, 0.3) is 0 Å². The smallest absolute Gasteiger partial charge is 0.307 e. The van der Waals surface area contributed by atoms with E-state index >= 15 is 0 Å². The molecule has 0 bridgehead atoms. The lowest BCUT2D eigenvalue weighted by molar-refractivity contribution is -0.139. The minimum Gasteiger partial charge on any atom is -0.481 e. The van der Waals surface area contributed by atoms with Crippen LogP contribution in [-0.4, -0.2) is 35.1 Å². The van der Waals surface area contributed by atoms with Crippen LogP contribution in [0.5, 0.6) is 0 Å². The molecule has 0 radical (unpaired) electrons. The Labute approximate surface area is 116 Å². The highest BCUT2D eigenvalue weighted by atomic mass is 16.4. The van der Waals surface area contributed by atoms with Crippen LogP contribution in [0, 0.1) is 11.8 Å². The molecule has 6 nitrogen and oxygen atoms in total. The second-order valence-corrected chi connectivity index (χ2v) is 5.34. The molecule has 2 N–H and O–H groups in total. The third-order valence-electron chi connectivity index (χ3n) is 3.89. The number of nitrogens with one attached hydrogen (secondary N) is 1. The summed E-state index contributed by atoms with van der Waals surface area (Å²) in [4.78, 5) is 29.3. The van der Waals surface area contributed by atoms with Gasteiger partial charge in [-0.25, -0.2) is 4.98 Å². The Hall–Kier alpha value is -2.11. The summed E-state index contributed by atoms with van der Waals surface area (Å²) < 4.78 is 0. The third-order valence-corrected chi connectivity index (χ3v) is 3.89. The highest BCUT2D eigenvalue weighted by Gasteiger charge is 2.48. The predicted molar refractivity (Wildman–Crippen MR) is 73.5 cm³/mol. The molecule has 2 fully saturated rings. The van der Waals surface area contributed by atoms with Crippen molar-refractivity contribution in [3.05, 3.63) is 18.3 Å². The van der Waals surface area contributed by atoms with Crippen molar-refractivity contribution in [1.29, 1.82) is 0 Å². The number of carboxylic acid groups (broad SMARTS) is 1. The van der Waals surface area contributed by atoms with Crippen molar-refractivity contribution in [3.63, 3.8) is 0 Å². The molecule has 1 aliphatic heterocycles. The summed E-state index contributed by atoms with van der Waals surface area (Å²) in [7, 11) is 0. The van der Waals surface area contributed by atoms with E-state index in [0.29, 0.717) is 12.1 Å². The fourth-order valence-corrected chi connectivity index (χ4v) is 2.66. The summed E-state index contributed by atoms with van der Waals surface area (Å²) in [5.41, 5.74) is 0.676. The van der Waals surface area contributed by atoms with Crippen LogP contribution in [0.2, 0.25) is 0 Å². The first-order valence-electron chi connectivity index (χ1n) is 6.90. The zero-order valence-corrected chi connectivity index (χ0v) is 11.1. The second-order valence-electron chi connectivity index (χ2n) is 5.34. The van der Waals surface area contributed by atoms with Crippen LogP contribution in [0.4, 0.5) is 11.5 Å². The van der Waals surface area contributed by atoms with Gasteiger partial charge in [-0.1, -0.05) is 0 Å². The molecule has 1 saturated heterocycles. The number of carboxylic acids is 1. The highest BCUT2D eigenvalue weighted by molar-refractivity contribution is 5.99. The number of carbonyl (C=O) groups excluding carboxylic acids is 1. The van der Waals surface area contributed by atoms with Crippen LogP contribution in [0.3, 0.4) is 0 Å². The molecule has 1 aliphatic carbocycles. The zero-order chi connectivity index (χ0) is 14.1. The first-order chi connectivity index (χ1) is 9.66. The SMILES string of the molecule is O=C(O)C1CC1C(=O)Nc1cccnc1N1CCCC1. The first kappa shape index (κ1) is 12.9. The van der Waals surface area contributed by atoms with Gasteiger partial charge < -0.3 is 15.3 Å². The molecule has 2 aliphatic rings. The normalized spacial score (nSPS) is 24.5. The maximum Gasteiger partial charge on any atom is 0.307 e. The number of pyridine rings is 1. The van der Waals surface area contributed by atoms with Crippen molar-refractivity contribution in [1.82, 2.24) is 4.98 Å². The third kappa shape index (κ3) is 2.45. The molecule has 6 heteroatoms. The van der Waals surface area contributed by atoms with E-state index in [4.69, 9.17) is 5.11 Å². The average Bonchev–Trinajstić information content (AvgIpc) is 3.08. The molecule has 0 aromatic carbocycles. The fraction of sp³-hybridized carbons (Fsp3) is 0.500. The van der Waals surface area contributed by atoms with E-state index in [-0.39, 0.29) is 5.91 Å². The Balaban J connectivity index is 1.71. The molecule has 3 rings (SSSR count). The Morgan fingerprint density at radius 3 is 2.70 bits per heavy atom. The molecule has 1 saturated carbocycles. The van der Waals surface area contributed by atoms with Gasteiger partial charge in [0.2, 0.25) is 5.91 Å². The number of hydrogen-bond acceptors (Lipinski definition) is 4. The van der Waals surface area contributed by atoms with Gasteiger partial charge in [0.15, 0.2) is 5.82 Å². The monoisotopic (exact) mass is 275 g/mol. The number of carbonyl (C=O) groups is 2. The van der Waals surface area contributed by atoms with E-state index in [2.05, 4.69) is 15.2 Å². The van der Waals surface area contributed by atoms with Gasteiger partial charge >= 0.3 is 5.97 Å². The fourth-order valence-electron chi connectivity index (χ4n) is 2.66. The Morgan fingerprint density at radius 1 is 1.30 bits per heavy atom. The maximum absolute atomic E-state index is 12.0. The molecule has 0 spiro atoms. The van der Waals surface area contributed by atoms with Crippen LogP contribution < -0.4 is 10.2 Å². The van der Waals surface area contributed by atoms with Gasteiger partial charge in [0.25, 0.3) is 0 Å². The molecule has 2 heterocycles. The van der Waals surface area contributed by atoms with Crippen LogP contribution in [0.15, 0.2) is 18.3 Å². The molecule has 1 amide bonds. The standard InChI is InChI=1S/C14H17N3O3/c18-13(9-8-10(9)14(19)20)16-11-4-3-5-15-12(11)17-6-1-2-7-17/h3-5,9-10H,1-2,6-8H2,(H,16,18)(H,19,20). The molecule has 2 atom stereocenters. The molecule has 1 aromatic rings. The summed E-state index contributed by atoms with van der Waals surface area (Å²) in [5, 5.41) is 11.7. The van der Waals surface area contributed by atoms with Crippen LogP contribution in [-0.2, 0) is 9.59 Å². The average molecular weight is 275 g/mol. The van der Waals surface area contributed by atoms with Gasteiger partial charge in [-0.3, -0.25) is 9.59 Å². The van der Waals surface area contributed by atoms with Gasteiger partial charge in [0.05, 0.1) is 17.5 Å². The summed E-state index contributed by atoms with van der Waals surface area (Å²) in [6, 6.07) is 3.59. The lowest BCUT2D eigenvalue weighted by Crippen LogP contribution is -2.23. The van der Waals surface area contributed by atoms with Crippen molar-refractivity contribution in [2.75, 3.05) is 23.3 Å². The Bertz CT molecular complexity index is 540. The topological polar surface area (TPSA) is 82.5 Å². The van der Waals surface area contributed by atoms with E-state index < -0.39 is 17.8 Å². The Morgan fingerprint density at radius 2 is 2.05 bits per heavy atom. The minimum atomic E-state index is -0.892. The lowest BCUT2D eigenvalue weighted by atomic mass is 10.3. The first-order valence-corrected chi connectivity index (χ1v) is 6.90. The van der Waals surface area contributed by atoms with Gasteiger partial charge in [0, 0.05) is 19.3 Å². The van der Waals surface area contributed by atoms with Crippen molar-refractivity contribution < 1.29 is 14.7 Å². The number of aliphatic carboxylic acids is 1. The van der Waals surface area contributed by atoms with Crippen molar-refractivity contribution in [2.45, 2.75) is 19.3 Å². The molecule has 2 unspecified atom stereocenters. The second kappa shape index (κ2) is 5.11. The Kier molecular flexibility index (Phi) is 3.30. The molecular weight excluding hydrogens is 258 g/mol. The van der Waals surface area contributed by atoms with Gasteiger partial charge in [-0.2, -0.15) is 0 Å². The molecular formula is C14H17N3O3. The summed E-state index contributed by atoms with van der Waals surface area (Å²) in [6.07, 6.45) is 4.41. The van der Waals surface area contributed by atoms with Crippen molar-refractivity contribution in [3.8, 4) is 0 Å². The largest absolute Gasteiger partial charge is 0.481 e. The van der Waals surface area contributed by atoms with E-state index in [1.165, 1.54) is 0 Å². The summed E-state index contributed by atoms with van der Waals surface area (Å²) in [6.45, 7) is 1.89. The lowest BCUT2D eigenvalue weighted by Gasteiger charge is -2.19. The number of hydrogen-bond donors (Lipinski definition) is 2. The molecule has 20 heavy (non-hydrogen) atoms. The number of rotatable bonds is 4. The summed E-state index contributed by atoms with van der Waals surface area (Å²) >= 11 is 0. The predicted octanol–water partition coefficient (Wildman–Crippen LogP) is 1.34. The number of nitrogens with zero attached hydrogens (tertiary/aromatic N) is 2. The minimum absolute atomic E-state index is 0.217. The number of amides is 1. The number of aromatic nitrogens is 1. The van der Waals surface area contributed by atoms with Crippen molar-refractivity contribution in [2.24, 2.45) is 11.8 Å². The maximum atomic E-state index is 12.0. The van der Waals surface area contributed by atoms with Crippen LogP contribution in [0.1, 0.15) is 19.3 Å². The quantitative estimate of drug-likeness (QED) is 0.866.